The van der Waals surface area contributed by atoms with Crippen LogP contribution in [0.3, 0.4) is 0 Å². The van der Waals surface area contributed by atoms with Crippen molar-refractivity contribution in [3.63, 3.8) is 0 Å². The van der Waals surface area contributed by atoms with Gasteiger partial charge in [0.25, 0.3) is 5.91 Å². The SMILES string of the molecule is CN1CCN(C(=O)c2nc3cnccc3s2)CC1(C)C. The van der Waals surface area contributed by atoms with E-state index in [0.29, 0.717) is 5.01 Å². The molecule has 0 aromatic carbocycles. The molecule has 0 unspecified atom stereocenters. The van der Waals surface area contributed by atoms with E-state index >= 15 is 0 Å². The molecule has 20 heavy (non-hydrogen) atoms. The number of carbonyl (C=O) groups excluding carboxylic acids is 1. The molecule has 1 saturated heterocycles. The van der Waals surface area contributed by atoms with Crippen molar-refractivity contribution in [1.29, 1.82) is 0 Å². The largest absolute Gasteiger partial charge is 0.333 e. The molecular formula is C14H18N4OS. The van der Waals surface area contributed by atoms with E-state index in [1.807, 2.05) is 11.0 Å². The predicted octanol–water partition coefficient (Wildman–Crippen LogP) is 1.86. The van der Waals surface area contributed by atoms with Crippen molar-refractivity contribution in [1.82, 2.24) is 19.8 Å². The molecular weight excluding hydrogens is 272 g/mol. The van der Waals surface area contributed by atoms with Crippen LogP contribution in [0.4, 0.5) is 0 Å². The van der Waals surface area contributed by atoms with Crippen LogP contribution < -0.4 is 0 Å². The van der Waals surface area contributed by atoms with Crippen LogP contribution in [0, 0.1) is 0 Å². The van der Waals surface area contributed by atoms with Crippen LogP contribution in [0.25, 0.3) is 10.2 Å². The molecule has 1 aliphatic rings. The lowest BCUT2D eigenvalue weighted by atomic mass is 10.00. The fourth-order valence-corrected chi connectivity index (χ4v) is 3.32. The standard InChI is InChI=1S/C14H18N4OS/c1-14(2)9-18(7-6-17(14)3)13(19)12-16-10-8-15-5-4-11(10)20-12/h4-5,8H,6-7,9H2,1-3H3. The number of fused-ring (bicyclic) bond motifs is 1. The van der Waals surface area contributed by atoms with E-state index in [9.17, 15) is 4.79 Å². The number of likely N-dealkylation sites (N-methyl/N-ethyl adjacent to an activating group) is 1. The van der Waals surface area contributed by atoms with Crippen LogP contribution in [0.1, 0.15) is 23.6 Å². The van der Waals surface area contributed by atoms with Gasteiger partial charge in [0.1, 0.15) is 5.52 Å². The smallest absolute Gasteiger partial charge is 0.282 e. The highest BCUT2D eigenvalue weighted by Crippen LogP contribution is 2.25. The molecule has 0 saturated carbocycles. The summed E-state index contributed by atoms with van der Waals surface area (Å²) in [5, 5.41) is 0.563. The number of hydrogen-bond acceptors (Lipinski definition) is 5. The Bertz CT molecular complexity index is 618. The number of aromatic nitrogens is 2. The molecule has 0 bridgehead atoms. The fourth-order valence-electron chi connectivity index (χ4n) is 2.42. The summed E-state index contributed by atoms with van der Waals surface area (Å²) in [6, 6.07) is 1.90. The van der Waals surface area contributed by atoms with Crippen LogP contribution in [0.15, 0.2) is 18.5 Å². The van der Waals surface area contributed by atoms with Gasteiger partial charge in [-0.15, -0.1) is 11.3 Å². The van der Waals surface area contributed by atoms with E-state index < -0.39 is 0 Å². The van der Waals surface area contributed by atoms with Gasteiger partial charge in [0, 0.05) is 31.4 Å². The van der Waals surface area contributed by atoms with Gasteiger partial charge >= 0.3 is 0 Å². The highest BCUT2D eigenvalue weighted by Gasteiger charge is 2.34. The van der Waals surface area contributed by atoms with Gasteiger partial charge in [0.05, 0.1) is 10.9 Å². The highest BCUT2D eigenvalue weighted by atomic mass is 32.1. The summed E-state index contributed by atoms with van der Waals surface area (Å²) in [7, 11) is 2.10. The summed E-state index contributed by atoms with van der Waals surface area (Å²) >= 11 is 1.44. The van der Waals surface area contributed by atoms with E-state index in [1.165, 1.54) is 11.3 Å². The first-order valence-electron chi connectivity index (χ1n) is 6.68. The zero-order chi connectivity index (χ0) is 14.3. The molecule has 0 atom stereocenters. The van der Waals surface area contributed by atoms with Crippen LogP contribution in [-0.4, -0.2) is 57.9 Å². The number of amides is 1. The highest BCUT2D eigenvalue weighted by molar-refractivity contribution is 7.20. The third kappa shape index (κ3) is 2.29. The number of rotatable bonds is 1. The molecule has 1 amide bonds. The Balaban J connectivity index is 1.85. The van der Waals surface area contributed by atoms with Crippen LogP contribution in [-0.2, 0) is 0 Å². The van der Waals surface area contributed by atoms with Gasteiger partial charge in [-0.3, -0.25) is 14.7 Å². The maximum absolute atomic E-state index is 12.6. The van der Waals surface area contributed by atoms with Gasteiger partial charge in [-0.2, -0.15) is 0 Å². The second-order valence-electron chi connectivity index (χ2n) is 5.82. The summed E-state index contributed by atoms with van der Waals surface area (Å²) in [5.41, 5.74) is 0.806. The molecule has 0 aliphatic carbocycles. The Labute approximate surface area is 122 Å². The number of nitrogens with zero attached hydrogens (tertiary/aromatic N) is 4. The van der Waals surface area contributed by atoms with Gasteiger partial charge in [0.15, 0.2) is 5.01 Å². The van der Waals surface area contributed by atoms with Crippen molar-refractivity contribution < 1.29 is 4.79 Å². The zero-order valence-electron chi connectivity index (χ0n) is 12.0. The van der Waals surface area contributed by atoms with E-state index in [1.54, 1.807) is 12.4 Å². The molecule has 1 fully saturated rings. The summed E-state index contributed by atoms with van der Waals surface area (Å²) in [5.74, 6) is 0.0346. The maximum Gasteiger partial charge on any atom is 0.282 e. The van der Waals surface area contributed by atoms with Gasteiger partial charge in [-0.25, -0.2) is 4.98 Å². The second kappa shape index (κ2) is 4.79. The van der Waals surface area contributed by atoms with Crippen LogP contribution in [0.5, 0.6) is 0 Å². The first kappa shape index (κ1) is 13.5. The number of pyridine rings is 1. The molecule has 0 spiro atoms. The third-order valence-corrected chi connectivity index (χ3v) is 5.00. The fraction of sp³-hybridized carbons (Fsp3) is 0.500. The van der Waals surface area contributed by atoms with Crippen molar-refractivity contribution in [2.24, 2.45) is 0 Å². The Kier molecular flexibility index (Phi) is 3.22. The Morgan fingerprint density at radius 3 is 2.90 bits per heavy atom. The van der Waals surface area contributed by atoms with E-state index in [0.717, 1.165) is 29.9 Å². The predicted molar refractivity (Wildman–Crippen MR) is 80.0 cm³/mol. The average molecular weight is 290 g/mol. The molecule has 5 nitrogen and oxygen atoms in total. The topological polar surface area (TPSA) is 49.3 Å². The van der Waals surface area contributed by atoms with Crippen molar-refractivity contribution >= 4 is 27.5 Å². The monoisotopic (exact) mass is 290 g/mol. The summed E-state index contributed by atoms with van der Waals surface area (Å²) in [4.78, 5) is 25.2. The molecule has 3 heterocycles. The van der Waals surface area contributed by atoms with Crippen molar-refractivity contribution in [3.8, 4) is 0 Å². The van der Waals surface area contributed by atoms with Gasteiger partial charge in [0.2, 0.25) is 0 Å². The lowest BCUT2D eigenvalue weighted by Crippen LogP contribution is -2.58. The quantitative estimate of drug-likeness (QED) is 0.804. The summed E-state index contributed by atoms with van der Waals surface area (Å²) in [6.45, 7) is 6.71. The maximum atomic E-state index is 12.6. The van der Waals surface area contributed by atoms with Gasteiger partial charge in [-0.05, 0) is 27.0 Å². The lowest BCUT2D eigenvalue weighted by molar-refractivity contribution is 0.0311. The van der Waals surface area contributed by atoms with Crippen molar-refractivity contribution in [2.75, 3.05) is 26.7 Å². The Morgan fingerprint density at radius 1 is 1.40 bits per heavy atom. The number of hydrogen-bond donors (Lipinski definition) is 0. The molecule has 0 radical (unpaired) electrons. The van der Waals surface area contributed by atoms with Crippen molar-refractivity contribution in [3.05, 3.63) is 23.5 Å². The van der Waals surface area contributed by atoms with Gasteiger partial charge in [-0.1, -0.05) is 0 Å². The van der Waals surface area contributed by atoms with E-state index in [-0.39, 0.29) is 11.4 Å². The van der Waals surface area contributed by atoms with Crippen molar-refractivity contribution in [2.45, 2.75) is 19.4 Å². The van der Waals surface area contributed by atoms with E-state index in [2.05, 4.69) is 35.8 Å². The minimum atomic E-state index is 0.00610. The molecule has 3 rings (SSSR count). The normalized spacial score (nSPS) is 19.4. The molecule has 2 aromatic rings. The molecule has 2 aromatic heterocycles. The van der Waals surface area contributed by atoms with Gasteiger partial charge < -0.3 is 4.90 Å². The first-order valence-corrected chi connectivity index (χ1v) is 7.50. The molecule has 106 valence electrons. The summed E-state index contributed by atoms with van der Waals surface area (Å²) < 4.78 is 1.01. The molecule has 1 aliphatic heterocycles. The minimum absolute atomic E-state index is 0.00610. The third-order valence-electron chi connectivity index (χ3n) is 3.98. The Morgan fingerprint density at radius 2 is 2.20 bits per heavy atom. The zero-order valence-corrected chi connectivity index (χ0v) is 12.8. The summed E-state index contributed by atoms with van der Waals surface area (Å²) in [6.07, 6.45) is 3.43. The van der Waals surface area contributed by atoms with Crippen LogP contribution >= 0.6 is 11.3 Å². The average Bonchev–Trinajstić information content (AvgIpc) is 2.84. The number of thiazole rings is 1. The first-order chi connectivity index (χ1) is 9.47. The second-order valence-corrected chi connectivity index (χ2v) is 6.85. The Hall–Kier alpha value is -1.53. The molecule has 0 N–H and O–H groups in total. The minimum Gasteiger partial charge on any atom is -0.333 e. The number of piperazine rings is 1. The lowest BCUT2D eigenvalue weighted by Gasteiger charge is -2.45. The van der Waals surface area contributed by atoms with Crippen LogP contribution in [0.2, 0.25) is 0 Å². The van der Waals surface area contributed by atoms with E-state index in [4.69, 9.17) is 0 Å². The molecule has 6 heteroatoms. The number of carbonyl (C=O) groups is 1.